The Labute approximate surface area is 153 Å². The predicted molar refractivity (Wildman–Crippen MR) is 86.0 cm³/mol. The summed E-state index contributed by atoms with van der Waals surface area (Å²) in [6.07, 6.45) is -5.44. The van der Waals surface area contributed by atoms with E-state index < -0.39 is 46.6 Å². The van der Waals surface area contributed by atoms with Crippen molar-refractivity contribution < 1.29 is 31.5 Å². The number of nitrogens with zero attached hydrogens (tertiary/aromatic N) is 2. The Kier molecular flexibility index (Phi) is 5.31. The van der Waals surface area contributed by atoms with Gasteiger partial charge in [-0.1, -0.05) is 0 Å². The van der Waals surface area contributed by atoms with Gasteiger partial charge in [0.15, 0.2) is 11.5 Å². The largest absolute Gasteiger partial charge is 0.444 e. The molecule has 11 heteroatoms. The number of anilines is 1. The van der Waals surface area contributed by atoms with E-state index in [0.29, 0.717) is 12.3 Å². The highest BCUT2D eigenvalue weighted by molar-refractivity contribution is 9.10. The van der Waals surface area contributed by atoms with E-state index >= 15 is 0 Å². The van der Waals surface area contributed by atoms with E-state index in [1.54, 1.807) is 0 Å². The number of benzene rings is 1. The van der Waals surface area contributed by atoms with Crippen molar-refractivity contribution in [2.75, 3.05) is 5.32 Å². The molecule has 142 valence electrons. The number of carbonyl (C=O) groups is 1. The standard InChI is InChI=1S/C15H13BrF5N3O2/c1-14(2,3)26-13(25)23-10-6-22-24(12(10)15(19,20)21)11-8(16)4-7(17)5-9(11)18/h4-6H,1-3H3,(H,23,25). The number of carbonyl (C=O) groups excluding carboxylic acids is 1. The number of hydrogen-bond donors (Lipinski definition) is 1. The lowest BCUT2D eigenvalue weighted by Gasteiger charge is -2.20. The molecule has 0 radical (unpaired) electrons. The van der Waals surface area contributed by atoms with Crippen molar-refractivity contribution in [3.8, 4) is 5.69 Å². The molecule has 1 N–H and O–H groups in total. The maximum atomic E-state index is 14.0. The van der Waals surface area contributed by atoms with E-state index in [4.69, 9.17) is 4.74 Å². The van der Waals surface area contributed by atoms with Gasteiger partial charge in [0.25, 0.3) is 0 Å². The van der Waals surface area contributed by atoms with Crippen LogP contribution in [0.1, 0.15) is 26.5 Å². The van der Waals surface area contributed by atoms with Gasteiger partial charge in [-0.05, 0) is 42.8 Å². The quantitative estimate of drug-likeness (QED) is 0.645. The third kappa shape index (κ3) is 4.51. The molecule has 0 saturated carbocycles. The first kappa shape index (κ1) is 20.1. The highest BCUT2D eigenvalue weighted by Crippen LogP contribution is 2.38. The molecule has 0 aliphatic rings. The fourth-order valence-corrected chi connectivity index (χ4v) is 2.61. The van der Waals surface area contributed by atoms with Crippen molar-refractivity contribution in [1.82, 2.24) is 9.78 Å². The van der Waals surface area contributed by atoms with E-state index in [1.165, 1.54) is 20.8 Å². The molecule has 0 fully saturated rings. The van der Waals surface area contributed by atoms with Crippen molar-refractivity contribution in [2.45, 2.75) is 32.5 Å². The lowest BCUT2D eigenvalue weighted by molar-refractivity contribution is -0.142. The molecule has 1 amide bonds. The fourth-order valence-electron chi connectivity index (χ4n) is 2.03. The van der Waals surface area contributed by atoms with Crippen LogP contribution in [0.5, 0.6) is 0 Å². The number of ether oxygens (including phenoxy) is 1. The summed E-state index contributed by atoms with van der Waals surface area (Å²) >= 11 is 2.82. The van der Waals surface area contributed by atoms with Gasteiger partial charge in [-0.15, -0.1) is 0 Å². The first-order valence-corrected chi connectivity index (χ1v) is 7.89. The zero-order chi connectivity index (χ0) is 19.9. The van der Waals surface area contributed by atoms with E-state index in [9.17, 15) is 26.7 Å². The maximum absolute atomic E-state index is 14.0. The molecular weight excluding hydrogens is 429 g/mol. The van der Waals surface area contributed by atoms with Crippen LogP contribution in [0.15, 0.2) is 22.8 Å². The van der Waals surface area contributed by atoms with Crippen LogP contribution in [0.2, 0.25) is 0 Å². The first-order chi connectivity index (χ1) is 11.8. The van der Waals surface area contributed by atoms with Gasteiger partial charge >= 0.3 is 12.3 Å². The number of rotatable bonds is 2. The Morgan fingerprint density at radius 2 is 1.85 bits per heavy atom. The van der Waals surface area contributed by atoms with Crippen molar-refractivity contribution in [1.29, 1.82) is 0 Å². The van der Waals surface area contributed by atoms with Gasteiger partial charge in [-0.2, -0.15) is 18.3 Å². The minimum Gasteiger partial charge on any atom is -0.444 e. The van der Waals surface area contributed by atoms with Gasteiger partial charge in [0, 0.05) is 10.5 Å². The molecule has 0 saturated heterocycles. The van der Waals surface area contributed by atoms with Crippen LogP contribution in [-0.4, -0.2) is 21.5 Å². The van der Waals surface area contributed by atoms with Crippen molar-refractivity contribution in [3.05, 3.63) is 40.1 Å². The predicted octanol–water partition coefficient (Wildman–Crippen LogP) is 5.28. The zero-order valence-electron chi connectivity index (χ0n) is 13.7. The summed E-state index contributed by atoms with van der Waals surface area (Å²) in [7, 11) is 0. The Hall–Kier alpha value is -2.17. The molecule has 1 aromatic carbocycles. The minimum absolute atomic E-state index is 0.228. The first-order valence-electron chi connectivity index (χ1n) is 7.10. The van der Waals surface area contributed by atoms with Crippen LogP contribution in [0, 0.1) is 11.6 Å². The topological polar surface area (TPSA) is 56.1 Å². The zero-order valence-corrected chi connectivity index (χ0v) is 15.3. The number of alkyl halides is 3. The monoisotopic (exact) mass is 441 g/mol. The number of amides is 1. The molecule has 0 spiro atoms. The van der Waals surface area contributed by atoms with E-state index in [0.717, 1.165) is 6.07 Å². The van der Waals surface area contributed by atoms with Gasteiger partial charge in [0.1, 0.15) is 17.1 Å². The van der Waals surface area contributed by atoms with E-state index in [1.807, 2.05) is 5.32 Å². The Bertz CT molecular complexity index is 820. The summed E-state index contributed by atoms with van der Waals surface area (Å²) in [5.41, 5.74) is -3.78. The van der Waals surface area contributed by atoms with Crippen LogP contribution in [0.3, 0.4) is 0 Å². The molecule has 2 aromatic rings. The molecule has 26 heavy (non-hydrogen) atoms. The second kappa shape index (κ2) is 6.86. The summed E-state index contributed by atoms with van der Waals surface area (Å²) in [6.45, 7) is 4.60. The number of hydrogen-bond acceptors (Lipinski definition) is 3. The smallest absolute Gasteiger partial charge is 0.435 e. The van der Waals surface area contributed by atoms with Gasteiger partial charge in [-0.3, -0.25) is 5.32 Å². The van der Waals surface area contributed by atoms with Gasteiger partial charge in [0.05, 0.1) is 11.9 Å². The van der Waals surface area contributed by atoms with E-state index in [2.05, 4.69) is 21.0 Å². The van der Waals surface area contributed by atoms with Crippen molar-refractivity contribution in [3.63, 3.8) is 0 Å². The molecule has 0 bridgehead atoms. The van der Waals surface area contributed by atoms with E-state index in [-0.39, 0.29) is 9.15 Å². The molecule has 0 unspecified atom stereocenters. The summed E-state index contributed by atoms with van der Waals surface area (Å²) in [5, 5.41) is 5.43. The maximum Gasteiger partial charge on any atom is 0.435 e. The summed E-state index contributed by atoms with van der Waals surface area (Å²) in [6, 6.07) is 1.21. The summed E-state index contributed by atoms with van der Waals surface area (Å²) in [5.74, 6) is -2.25. The average Bonchev–Trinajstić information content (AvgIpc) is 2.78. The molecule has 5 nitrogen and oxygen atoms in total. The molecular formula is C15H13BrF5N3O2. The Morgan fingerprint density at radius 1 is 1.23 bits per heavy atom. The number of aromatic nitrogens is 2. The SMILES string of the molecule is CC(C)(C)OC(=O)Nc1cnn(-c2c(F)cc(F)cc2Br)c1C(F)(F)F. The fraction of sp³-hybridized carbons (Fsp3) is 0.333. The second-order valence-electron chi connectivity index (χ2n) is 6.16. The lowest BCUT2D eigenvalue weighted by Crippen LogP contribution is -2.28. The van der Waals surface area contributed by atoms with Crippen LogP contribution in [0.25, 0.3) is 5.69 Å². The van der Waals surface area contributed by atoms with Gasteiger partial charge < -0.3 is 4.74 Å². The van der Waals surface area contributed by atoms with Crippen LogP contribution >= 0.6 is 15.9 Å². The highest BCUT2D eigenvalue weighted by atomic mass is 79.9. The van der Waals surface area contributed by atoms with Crippen LogP contribution in [-0.2, 0) is 10.9 Å². The molecule has 1 aromatic heterocycles. The average molecular weight is 442 g/mol. The number of halogens is 6. The molecule has 0 aliphatic carbocycles. The van der Waals surface area contributed by atoms with Crippen molar-refractivity contribution >= 4 is 27.7 Å². The third-order valence-corrected chi connectivity index (χ3v) is 3.47. The highest BCUT2D eigenvalue weighted by Gasteiger charge is 2.40. The summed E-state index contributed by atoms with van der Waals surface area (Å²) in [4.78, 5) is 11.8. The normalized spacial score (nSPS) is 12.2. The Balaban J connectivity index is 2.54. The Morgan fingerprint density at radius 3 is 2.35 bits per heavy atom. The van der Waals surface area contributed by atoms with Crippen LogP contribution < -0.4 is 5.32 Å². The summed E-state index contributed by atoms with van der Waals surface area (Å²) < 4.78 is 72.6. The molecule has 0 atom stereocenters. The van der Waals surface area contributed by atoms with Crippen LogP contribution in [0.4, 0.5) is 32.4 Å². The number of nitrogens with one attached hydrogen (secondary N) is 1. The second-order valence-corrected chi connectivity index (χ2v) is 7.02. The van der Waals surface area contributed by atoms with Gasteiger partial charge in [-0.25, -0.2) is 18.3 Å². The minimum atomic E-state index is -5.00. The lowest BCUT2D eigenvalue weighted by atomic mass is 10.2. The van der Waals surface area contributed by atoms with Crippen molar-refractivity contribution in [2.24, 2.45) is 0 Å². The van der Waals surface area contributed by atoms with Gasteiger partial charge in [0.2, 0.25) is 0 Å². The molecule has 2 rings (SSSR count). The third-order valence-electron chi connectivity index (χ3n) is 2.87. The molecule has 1 heterocycles. The molecule has 0 aliphatic heterocycles.